The molecule has 0 saturated heterocycles. The smallest absolute Gasteiger partial charge is 0.337 e. The fourth-order valence-electron chi connectivity index (χ4n) is 2.85. The molecule has 7 nitrogen and oxygen atoms in total. The van der Waals surface area contributed by atoms with Crippen LogP contribution in [-0.4, -0.2) is 19.0 Å². The molecule has 8 heteroatoms. The average Bonchev–Trinajstić information content (AvgIpc) is 3.28. The minimum atomic E-state index is -0.469. The lowest BCUT2D eigenvalue weighted by Gasteiger charge is -2.07. The van der Waals surface area contributed by atoms with E-state index in [4.69, 9.17) is 13.9 Å². The second-order valence-corrected chi connectivity index (χ2v) is 7.47. The molecule has 4 aromatic rings. The summed E-state index contributed by atoms with van der Waals surface area (Å²) in [6.07, 6.45) is 1.36. The number of methoxy groups -OCH3 is 1. The molecule has 0 aliphatic heterocycles. The molecule has 0 radical (unpaired) electrons. The van der Waals surface area contributed by atoms with E-state index < -0.39 is 11.9 Å². The molecular weight excluding hydrogens is 420 g/mol. The summed E-state index contributed by atoms with van der Waals surface area (Å²) in [6.45, 7) is 0. The molecule has 0 bridgehead atoms. The number of benzene rings is 2. The third-order valence-electron chi connectivity index (χ3n) is 4.35. The number of carbonyl (C=O) groups excluding carboxylic acids is 2. The second-order valence-electron chi connectivity index (χ2n) is 6.44. The van der Waals surface area contributed by atoms with Crippen molar-refractivity contribution in [3.63, 3.8) is 0 Å². The summed E-state index contributed by atoms with van der Waals surface area (Å²) in [5.41, 5.74) is 0.246. The molecule has 2 aromatic heterocycles. The van der Waals surface area contributed by atoms with Gasteiger partial charge in [-0.15, -0.1) is 11.3 Å². The Bertz CT molecular complexity index is 1290. The maximum absolute atomic E-state index is 12.7. The molecule has 0 spiro atoms. The zero-order valence-electron chi connectivity index (χ0n) is 16.3. The largest absolute Gasteiger partial charge is 0.465 e. The summed E-state index contributed by atoms with van der Waals surface area (Å²) in [5.74, 6) is -0.244. The first kappa shape index (κ1) is 20.4. The molecule has 0 N–H and O–H groups in total. The average molecular weight is 436 g/mol. The molecule has 31 heavy (non-hydrogen) atoms. The zero-order valence-corrected chi connectivity index (χ0v) is 17.1. The van der Waals surface area contributed by atoms with E-state index in [2.05, 4.69) is 4.74 Å². The molecule has 0 aliphatic carbocycles. The summed E-state index contributed by atoms with van der Waals surface area (Å²) >= 11 is 1.47. The molecule has 2 aromatic carbocycles. The van der Waals surface area contributed by atoms with Crippen LogP contribution in [0.25, 0.3) is 11.0 Å². The molecule has 2 heterocycles. The van der Waals surface area contributed by atoms with Gasteiger partial charge in [-0.05, 0) is 47.8 Å². The van der Waals surface area contributed by atoms with Gasteiger partial charge in [0.25, 0.3) is 0 Å². The quantitative estimate of drug-likeness (QED) is 0.323. The predicted molar refractivity (Wildman–Crippen MR) is 114 cm³/mol. The minimum absolute atomic E-state index is 0.0132. The maximum atomic E-state index is 12.7. The Hall–Kier alpha value is -3.91. The van der Waals surface area contributed by atoms with Crippen LogP contribution in [0, 0.1) is 0 Å². The number of thiophene rings is 1. The monoisotopic (exact) mass is 436 g/mol. The van der Waals surface area contributed by atoms with Gasteiger partial charge in [0.15, 0.2) is 0 Å². The van der Waals surface area contributed by atoms with E-state index in [-0.39, 0.29) is 34.3 Å². The van der Waals surface area contributed by atoms with E-state index in [0.717, 1.165) is 4.88 Å². The van der Waals surface area contributed by atoms with E-state index in [1.165, 1.54) is 55.0 Å². The molecule has 0 aliphatic rings. The number of hydrogen-bond donors (Lipinski definition) is 0. The number of esters is 2. The van der Waals surface area contributed by atoms with Gasteiger partial charge < -0.3 is 18.6 Å². The van der Waals surface area contributed by atoms with E-state index in [1.807, 2.05) is 17.5 Å². The normalized spacial score (nSPS) is 10.6. The van der Waals surface area contributed by atoms with Crippen LogP contribution in [-0.2, 0) is 16.0 Å². The van der Waals surface area contributed by atoms with E-state index in [0.29, 0.717) is 11.3 Å². The van der Waals surface area contributed by atoms with Gasteiger partial charge in [0.05, 0.1) is 24.5 Å². The molecule has 0 fully saturated rings. The Labute approximate surface area is 180 Å². The molecular formula is C23H16O7S. The number of rotatable bonds is 6. The lowest BCUT2D eigenvalue weighted by atomic mass is 10.2. The summed E-state index contributed by atoms with van der Waals surface area (Å²) in [5, 5.41) is 2.17. The van der Waals surface area contributed by atoms with Crippen LogP contribution in [0.3, 0.4) is 0 Å². The van der Waals surface area contributed by atoms with Crippen molar-refractivity contribution in [2.75, 3.05) is 7.11 Å². The van der Waals surface area contributed by atoms with Gasteiger partial charge in [-0.25, -0.2) is 4.79 Å². The van der Waals surface area contributed by atoms with Crippen LogP contribution in [0.2, 0.25) is 0 Å². The molecule has 4 rings (SSSR count). The summed E-state index contributed by atoms with van der Waals surface area (Å²) in [6, 6.07) is 14.4. The summed E-state index contributed by atoms with van der Waals surface area (Å²) in [7, 11) is 1.29. The van der Waals surface area contributed by atoms with E-state index in [1.54, 1.807) is 12.1 Å². The predicted octanol–water partition coefficient (Wildman–Crippen LogP) is 4.58. The van der Waals surface area contributed by atoms with E-state index in [9.17, 15) is 14.4 Å². The highest BCUT2D eigenvalue weighted by Gasteiger charge is 2.13. The first-order valence-electron chi connectivity index (χ1n) is 9.18. The highest BCUT2D eigenvalue weighted by Crippen LogP contribution is 2.25. The molecule has 0 amide bonds. The standard InChI is InChI=1S/C23H16O7S/c1-27-23(26)14-4-6-15(7-5-14)29-20-13-28-19-11-16(8-9-18(19)22(20)25)30-21(24)12-17-3-2-10-31-17/h2-11,13H,12H2,1H3. The SMILES string of the molecule is COC(=O)c1ccc(Oc2coc3cc(OC(=O)Cc4cccs4)ccc3c2=O)cc1. The van der Waals surface area contributed by atoms with Gasteiger partial charge in [0, 0.05) is 10.9 Å². The fraction of sp³-hybridized carbons (Fsp3) is 0.0870. The van der Waals surface area contributed by atoms with Crippen molar-refractivity contribution in [1.29, 1.82) is 0 Å². The van der Waals surface area contributed by atoms with Crippen LogP contribution >= 0.6 is 11.3 Å². The van der Waals surface area contributed by atoms with Crippen LogP contribution in [0.1, 0.15) is 15.2 Å². The second kappa shape index (κ2) is 8.85. The van der Waals surface area contributed by atoms with Gasteiger partial charge in [-0.1, -0.05) is 6.07 Å². The van der Waals surface area contributed by atoms with Gasteiger partial charge in [0.1, 0.15) is 23.3 Å². The van der Waals surface area contributed by atoms with Crippen LogP contribution in [0.4, 0.5) is 0 Å². The maximum Gasteiger partial charge on any atom is 0.337 e. The minimum Gasteiger partial charge on any atom is -0.465 e. The van der Waals surface area contributed by atoms with Crippen molar-refractivity contribution in [2.45, 2.75) is 6.42 Å². The number of carbonyl (C=O) groups is 2. The number of fused-ring (bicyclic) bond motifs is 1. The summed E-state index contributed by atoms with van der Waals surface area (Å²) in [4.78, 5) is 37.2. The van der Waals surface area contributed by atoms with E-state index >= 15 is 0 Å². The molecule has 0 saturated carbocycles. The Morgan fingerprint density at radius 3 is 2.52 bits per heavy atom. The van der Waals surface area contributed by atoms with Crippen LogP contribution in [0.5, 0.6) is 17.2 Å². The van der Waals surface area contributed by atoms with Crippen LogP contribution in [0.15, 0.2) is 75.5 Å². The first-order valence-corrected chi connectivity index (χ1v) is 10.1. The fourth-order valence-corrected chi connectivity index (χ4v) is 3.54. The van der Waals surface area contributed by atoms with Crippen molar-refractivity contribution >= 4 is 34.2 Å². The van der Waals surface area contributed by atoms with Crippen LogP contribution < -0.4 is 14.9 Å². The topological polar surface area (TPSA) is 92.0 Å². The van der Waals surface area contributed by atoms with Gasteiger partial charge >= 0.3 is 11.9 Å². The Morgan fingerprint density at radius 1 is 1.03 bits per heavy atom. The molecule has 0 atom stereocenters. The van der Waals surface area contributed by atoms with Gasteiger partial charge in [-0.2, -0.15) is 0 Å². The number of ether oxygens (including phenoxy) is 3. The van der Waals surface area contributed by atoms with Gasteiger partial charge in [-0.3, -0.25) is 9.59 Å². The van der Waals surface area contributed by atoms with Crippen molar-refractivity contribution in [3.05, 3.63) is 86.9 Å². The lowest BCUT2D eigenvalue weighted by molar-refractivity contribution is -0.133. The van der Waals surface area contributed by atoms with Crippen molar-refractivity contribution in [3.8, 4) is 17.2 Å². The third kappa shape index (κ3) is 4.65. The summed E-state index contributed by atoms with van der Waals surface area (Å²) < 4.78 is 21.1. The highest BCUT2D eigenvalue weighted by atomic mass is 32.1. The van der Waals surface area contributed by atoms with Gasteiger partial charge in [0.2, 0.25) is 11.2 Å². The lowest BCUT2D eigenvalue weighted by Crippen LogP contribution is -2.10. The molecule has 0 unspecified atom stereocenters. The Balaban J connectivity index is 1.51. The zero-order chi connectivity index (χ0) is 21.8. The highest BCUT2D eigenvalue weighted by molar-refractivity contribution is 7.10. The van der Waals surface area contributed by atoms with Crippen molar-refractivity contribution in [1.82, 2.24) is 0 Å². The Morgan fingerprint density at radius 2 is 1.81 bits per heavy atom. The number of hydrogen-bond acceptors (Lipinski definition) is 8. The Kier molecular flexibility index (Phi) is 5.81. The third-order valence-corrected chi connectivity index (χ3v) is 5.22. The first-order chi connectivity index (χ1) is 15.0. The van der Waals surface area contributed by atoms with Crippen molar-refractivity contribution < 1.29 is 28.2 Å². The van der Waals surface area contributed by atoms with Crippen molar-refractivity contribution in [2.24, 2.45) is 0 Å². The molecule has 156 valence electrons.